The average Bonchev–Trinajstić information content (AvgIpc) is 3.06. The van der Waals surface area contributed by atoms with Gasteiger partial charge >= 0.3 is 21.3 Å². The Morgan fingerprint density at radius 2 is 1.50 bits per heavy atom. The molecule has 23 heteroatoms. The minimum atomic E-state index is -5.59. The lowest BCUT2D eigenvalue weighted by Crippen LogP contribution is -2.58. The van der Waals surface area contributed by atoms with E-state index in [0.29, 0.717) is 0 Å². The molecule has 0 aromatic carbocycles. The van der Waals surface area contributed by atoms with Gasteiger partial charge in [0.1, 0.15) is 42.7 Å². The number of ether oxygens (including phenoxy) is 2. The highest BCUT2D eigenvalue weighted by atomic mass is 31.3. The van der Waals surface area contributed by atoms with E-state index < -0.39 is 95.4 Å². The maximum atomic E-state index is 12.2. The molecule has 3 heterocycles. The highest BCUT2D eigenvalue weighted by Crippen LogP contribution is 2.61. The minimum absolute atomic E-state index is 0. The summed E-state index contributed by atoms with van der Waals surface area (Å²) in [4.78, 5) is 44.5. The van der Waals surface area contributed by atoms with Gasteiger partial charge in [-0.15, -0.1) is 0 Å². The molecule has 1 aromatic rings. The SMILES string of the molecule is N.N.O=c1ccn([C@@H]2O[C@H](COP(=O)(O)OP(=O)(O)O[C@H]3O[C@H](CO)[C@@H](O)[C@H](O)[C@@H]3O)[C@@H](O)[C@H]2O)c(=O)[nH]1. The van der Waals surface area contributed by atoms with Gasteiger partial charge in [0.05, 0.1) is 13.2 Å². The molecule has 2 aliphatic heterocycles. The van der Waals surface area contributed by atoms with Crippen LogP contribution in [0.3, 0.4) is 0 Å². The zero-order valence-electron chi connectivity index (χ0n) is 19.3. The fourth-order valence-electron chi connectivity index (χ4n) is 3.35. The summed E-state index contributed by atoms with van der Waals surface area (Å²) in [5.41, 5.74) is -1.75. The first-order valence-electron chi connectivity index (χ1n) is 9.99. The number of aromatic amines is 1. The van der Waals surface area contributed by atoms with Gasteiger partial charge in [-0.1, -0.05) is 0 Å². The van der Waals surface area contributed by atoms with Crippen LogP contribution in [0.5, 0.6) is 0 Å². The van der Waals surface area contributed by atoms with Gasteiger partial charge in [0, 0.05) is 12.3 Å². The standard InChI is InChI=1S/C15H24N2O17P2.2H3N/c18-3-5-8(20)10(22)12(24)14(32-5)33-36(28,29)34-35(26,27)30-4-6-9(21)11(23)13(31-6)17-2-1-7(19)16-15(17)25;;/h1-2,5-6,8-14,18,20-24H,3-4H2,(H,26,27)(H,28,29)(H,16,19,25);2*1H3/t5-,6-,8-,9-,10+,11-,12+,13-,14-;;/m1../s1. The summed E-state index contributed by atoms with van der Waals surface area (Å²) in [6.07, 6.45) is -15.4. The number of phosphoric ester groups is 2. The maximum absolute atomic E-state index is 12.2. The minimum Gasteiger partial charge on any atom is -0.394 e. The summed E-state index contributed by atoms with van der Waals surface area (Å²) in [7, 11) is -11.1. The molecule has 2 aliphatic rings. The van der Waals surface area contributed by atoms with E-state index in [9.17, 15) is 54.0 Å². The van der Waals surface area contributed by atoms with Crippen molar-refractivity contribution in [3.63, 3.8) is 0 Å². The number of aromatic nitrogens is 2. The molecule has 0 bridgehead atoms. The molecule has 38 heavy (non-hydrogen) atoms. The van der Waals surface area contributed by atoms with Gasteiger partial charge in [0.2, 0.25) is 0 Å². The Morgan fingerprint density at radius 1 is 0.895 bits per heavy atom. The molecule has 21 nitrogen and oxygen atoms in total. The fourth-order valence-corrected chi connectivity index (χ4v) is 5.51. The Morgan fingerprint density at radius 3 is 2.08 bits per heavy atom. The van der Waals surface area contributed by atoms with Crippen molar-refractivity contribution < 1.29 is 72.4 Å². The number of rotatable bonds is 9. The molecule has 0 radical (unpaired) electrons. The number of aliphatic hydroxyl groups excluding tert-OH is 6. The second-order valence-corrected chi connectivity index (χ2v) is 10.7. The Labute approximate surface area is 212 Å². The summed E-state index contributed by atoms with van der Waals surface area (Å²) < 4.78 is 48.1. The van der Waals surface area contributed by atoms with Crippen LogP contribution in [0.1, 0.15) is 6.23 Å². The number of hydrogen-bond acceptors (Lipinski definition) is 17. The first kappa shape index (κ1) is 34.6. The van der Waals surface area contributed by atoms with Crippen LogP contribution < -0.4 is 23.6 Å². The van der Waals surface area contributed by atoms with Crippen molar-refractivity contribution in [1.29, 1.82) is 0 Å². The van der Waals surface area contributed by atoms with E-state index in [1.54, 1.807) is 0 Å². The highest BCUT2D eigenvalue weighted by molar-refractivity contribution is 7.61. The number of hydrogen-bond donors (Lipinski definition) is 11. The van der Waals surface area contributed by atoms with Gasteiger partial charge in [-0.2, -0.15) is 4.31 Å². The molecule has 1 aromatic heterocycles. The van der Waals surface area contributed by atoms with E-state index in [1.807, 2.05) is 4.98 Å². The van der Waals surface area contributed by atoms with Gasteiger partial charge in [-0.3, -0.25) is 23.4 Å². The van der Waals surface area contributed by atoms with Crippen molar-refractivity contribution in [1.82, 2.24) is 21.9 Å². The molecule has 11 atom stereocenters. The lowest BCUT2D eigenvalue weighted by atomic mass is 10.00. The van der Waals surface area contributed by atoms with Crippen LogP contribution in [0.25, 0.3) is 0 Å². The van der Waals surface area contributed by atoms with Crippen molar-refractivity contribution in [3.8, 4) is 0 Å². The van der Waals surface area contributed by atoms with E-state index >= 15 is 0 Å². The van der Waals surface area contributed by atoms with Crippen molar-refractivity contribution in [3.05, 3.63) is 33.1 Å². The lowest BCUT2D eigenvalue weighted by Gasteiger charge is -2.39. The lowest BCUT2D eigenvalue weighted by molar-refractivity contribution is -0.280. The molecule has 0 aliphatic carbocycles. The van der Waals surface area contributed by atoms with Crippen LogP contribution in [0.2, 0.25) is 0 Å². The second-order valence-electron chi connectivity index (χ2n) is 7.68. The molecule has 0 saturated carbocycles. The van der Waals surface area contributed by atoms with Crippen LogP contribution in [0.4, 0.5) is 0 Å². The zero-order chi connectivity index (χ0) is 27.0. The normalized spacial score (nSPS) is 36.4. The Balaban J connectivity index is 0.00000361. The summed E-state index contributed by atoms with van der Waals surface area (Å²) in [5.74, 6) is 0. The smallest absolute Gasteiger partial charge is 0.394 e. The molecule has 2 saturated heterocycles. The van der Waals surface area contributed by atoms with Crippen LogP contribution in [0, 0.1) is 0 Å². The van der Waals surface area contributed by atoms with Crippen molar-refractivity contribution in [2.75, 3.05) is 13.2 Å². The quantitative estimate of drug-likeness (QED) is 0.119. The summed E-state index contributed by atoms with van der Waals surface area (Å²) in [6, 6.07) is 0.928. The topological polar surface area (TPSA) is 367 Å². The Bertz CT molecular complexity index is 1130. The average molecular weight is 600 g/mol. The fraction of sp³-hybridized carbons (Fsp3) is 0.733. The predicted octanol–water partition coefficient (Wildman–Crippen LogP) is -4.47. The van der Waals surface area contributed by atoms with Gasteiger partial charge in [0.15, 0.2) is 12.5 Å². The van der Waals surface area contributed by atoms with Crippen molar-refractivity contribution in [2.24, 2.45) is 0 Å². The number of aliphatic hydroxyl groups is 6. The van der Waals surface area contributed by atoms with E-state index in [2.05, 4.69) is 13.4 Å². The predicted molar refractivity (Wildman–Crippen MR) is 119 cm³/mol. The highest BCUT2D eigenvalue weighted by Gasteiger charge is 2.49. The van der Waals surface area contributed by atoms with Crippen LogP contribution in [0.15, 0.2) is 21.9 Å². The maximum Gasteiger partial charge on any atom is 0.483 e. The second kappa shape index (κ2) is 13.3. The van der Waals surface area contributed by atoms with Gasteiger partial charge in [-0.25, -0.2) is 13.9 Å². The zero-order valence-corrected chi connectivity index (χ0v) is 21.1. The molecule has 0 spiro atoms. The molecule has 2 unspecified atom stereocenters. The first-order valence-corrected chi connectivity index (χ1v) is 13.0. The number of phosphoric acid groups is 2. The molecule has 2 fully saturated rings. The summed E-state index contributed by atoms with van der Waals surface area (Å²) in [5, 5.41) is 58.6. The monoisotopic (exact) mass is 600 g/mol. The van der Waals surface area contributed by atoms with Gasteiger partial charge < -0.3 is 62.2 Å². The van der Waals surface area contributed by atoms with Crippen LogP contribution in [-0.4, -0.2) is 112 Å². The third-order valence-corrected chi connectivity index (χ3v) is 7.76. The molecule has 15 N–H and O–H groups in total. The largest absolute Gasteiger partial charge is 0.483 e. The van der Waals surface area contributed by atoms with E-state index in [-0.39, 0.29) is 12.3 Å². The number of H-pyrrole nitrogens is 1. The van der Waals surface area contributed by atoms with Gasteiger partial charge in [0.25, 0.3) is 5.56 Å². The van der Waals surface area contributed by atoms with Crippen LogP contribution in [-0.2, 0) is 32.0 Å². The molecular formula is C15H30N4O17P2. The Hall–Kier alpha value is -1.46. The van der Waals surface area contributed by atoms with Crippen molar-refractivity contribution in [2.45, 2.75) is 55.2 Å². The first-order chi connectivity index (χ1) is 16.7. The van der Waals surface area contributed by atoms with Gasteiger partial charge in [-0.05, 0) is 0 Å². The summed E-state index contributed by atoms with van der Waals surface area (Å²) >= 11 is 0. The third-order valence-electron chi connectivity index (χ3n) is 5.16. The van der Waals surface area contributed by atoms with Crippen molar-refractivity contribution >= 4 is 15.6 Å². The van der Waals surface area contributed by atoms with E-state index in [1.165, 1.54) is 0 Å². The van der Waals surface area contributed by atoms with E-state index in [4.69, 9.17) is 14.6 Å². The van der Waals surface area contributed by atoms with Crippen LogP contribution >= 0.6 is 15.6 Å². The molecule has 222 valence electrons. The number of nitrogens with zero attached hydrogens (tertiary/aromatic N) is 1. The Kier molecular flexibility index (Phi) is 12.1. The molecular weight excluding hydrogens is 570 g/mol. The number of nitrogens with one attached hydrogen (secondary N) is 1. The molecule has 0 amide bonds. The third kappa shape index (κ3) is 7.81. The molecule has 3 rings (SSSR count). The van der Waals surface area contributed by atoms with E-state index in [0.717, 1.165) is 16.8 Å². The summed E-state index contributed by atoms with van der Waals surface area (Å²) in [6.45, 7) is -1.93.